The Bertz CT molecular complexity index is 527. The molecule has 0 spiro atoms. The molecule has 4 nitrogen and oxygen atoms in total. The van der Waals surface area contributed by atoms with Crippen molar-refractivity contribution >= 4 is 5.91 Å². The van der Waals surface area contributed by atoms with E-state index in [1.54, 1.807) is 0 Å². The van der Waals surface area contributed by atoms with Gasteiger partial charge in [-0.15, -0.1) is 0 Å². The molecule has 0 fully saturated rings. The summed E-state index contributed by atoms with van der Waals surface area (Å²) in [6.07, 6.45) is 2.58. The second-order valence-electron chi connectivity index (χ2n) is 4.49. The van der Waals surface area contributed by atoms with Crippen LogP contribution in [0, 0.1) is 13.8 Å². The van der Waals surface area contributed by atoms with Crippen LogP contribution in [0.4, 0.5) is 0 Å². The lowest BCUT2D eigenvalue weighted by Crippen LogP contribution is -2.26. The fraction of sp³-hybridized carbons (Fsp3) is 0.286. The Balaban J connectivity index is 2.12. The fourth-order valence-corrected chi connectivity index (χ4v) is 1.94. The fourth-order valence-electron chi connectivity index (χ4n) is 1.94. The number of oxazole rings is 1. The molecular weight excluding hydrogens is 228 g/mol. The number of aryl methyl sites for hydroxylation is 2. The molecule has 2 rings (SSSR count). The van der Waals surface area contributed by atoms with Gasteiger partial charge in [-0.25, -0.2) is 4.98 Å². The minimum Gasteiger partial charge on any atom is -0.451 e. The van der Waals surface area contributed by atoms with Gasteiger partial charge in [-0.3, -0.25) is 4.79 Å². The molecular formula is C14H16N2O2. The third kappa shape index (κ3) is 2.77. The third-order valence-electron chi connectivity index (χ3n) is 2.76. The van der Waals surface area contributed by atoms with Crippen LogP contribution >= 0.6 is 0 Å². The van der Waals surface area contributed by atoms with Gasteiger partial charge in [0.25, 0.3) is 5.91 Å². The van der Waals surface area contributed by atoms with E-state index in [9.17, 15) is 4.79 Å². The molecule has 1 heterocycles. The molecule has 0 bridgehead atoms. The van der Waals surface area contributed by atoms with Crippen molar-refractivity contribution in [3.63, 3.8) is 0 Å². The van der Waals surface area contributed by atoms with E-state index in [0.717, 1.165) is 5.56 Å². The molecule has 2 aromatic rings. The number of aromatic nitrogens is 1. The van der Waals surface area contributed by atoms with Crippen LogP contribution in [-0.4, -0.2) is 10.9 Å². The summed E-state index contributed by atoms with van der Waals surface area (Å²) in [6, 6.07) is 6.18. The van der Waals surface area contributed by atoms with Crippen LogP contribution in [0.5, 0.6) is 0 Å². The molecule has 1 N–H and O–H groups in total. The van der Waals surface area contributed by atoms with E-state index < -0.39 is 0 Å². The minimum atomic E-state index is -0.226. The second-order valence-corrected chi connectivity index (χ2v) is 4.49. The van der Waals surface area contributed by atoms with Gasteiger partial charge in [-0.05, 0) is 26.3 Å². The van der Waals surface area contributed by atoms with E-state index in [4.69, 9.17) is 4.42 Å². The Labute approximate surface area is 106 Å². The van der Waals surface area contributed by atoms with Crippen LogP contribution in [0.15, 0.2) is 35.3 Å². The Morgan fingerprint density at radius 1 is 1.28 bits per heavy atom. The van der Waals surface area contributed by atoms with Gasteiger partial charge in [0.15, 0.2) is 12.1 Å². The zero-order chi connectivity index (χ0) is 13.1. The Hall–Kier alpha value is -2.10. The maximum absolute atomic E-state index is 11.8. The summed E-state index contributed by atoms with van der Waals surface area (Å²) in [7, 11) is 0. The van der Waals surface area contributed by atoms with Gasteiger partial charge in [-0.2, -0.15) is 0 Å². The predicted molar refractivity (Wildman–Crippen MR) is 68.3 cm³/mol. The van der Waals surface area contributed by atoms with Crippen LogP contribution in [0.2, 0.25) is 0 Å². The molecule has 1 aromatic carbocycles. The third-order valence-corrected chi connectivity index (χ3v) is 2.76. The molecule has 1 unspecified atom stereocenters. The standard InChI is InChI=1S/C14H16N2O2/c1-9-4-10(2)6-12(5-9)11(3)16-14(17)13-7-18-8-15-13/h4-8,11H,1-3H3,(H,16,17). The van der Waals surface area contributed by atoms with E-state index in [1.165, 1.54) is 23.8 Å². The molecule has 0 aliphatic heterocycles. The molecule has 1 amide bonds. The van der Waals surface area contributed by atoms with Crippen molar-refractivity contribution in [2.45, 2.75) is 26.8 Å². The number of benzene rings is 1. The molecule has 4 heteroatoms. The van der Waals surface area contributed by atoms with E-state index in [1.807, 2.05) is 20.8 Å². The first-order chi connectivity index (χ1) is 8.56. The van der Waals surface area contributed by atoms with Gasteiger partial charge < -0.3 is 9.73 Å². The lowest BCUT2D eigenvalue weighted by atomic mass is 10.0. The second kappa shape index (κ2) is 5.04. The van der Waals surface area contributed by atoms with Crippen LogP contribution in [0.1, 0.15) is 40.1 Å². The molecule has 18 heavy (non-hydrogen) atoms. The summed E-state index contributed by atoms with van der Waals surface area (Å²) in [5.74, 6) is -0.226. The van der Waals surface area contributed by atoms with Crippen LogP contribution in [0.3, 0.4) is 0 Å². The van der Waals surface area contributed by atoms with Gasteiger partial charge >= 0.3 is 0 Å². The lowest BCUT2D eigenvalue weighted by Gasteiger charge is -2.14. The number of nitrogens with one attached hydrogen (secondary N) is 1. The van der Waals surface area contributed by atoms with Crippen LogP contribution in [0.25, 0.3) is 0 Å². The predicted octanol–water partition coefficient (Wildman–Crippen LogP) is 2.78. The maximum atomic E-state index is 11.8. The molecule has 1 atom stereocenters. The highest BCUT2D eigenvalue weighted by atomic mass is 16.3. The van der Waals surface area contributed by atoms with Crippen molar-refractivity contribution in [1.82, 2.24) is 10.3 Å². The molecule has 1 aromatic heterocycles. The van der Waals surface area contributed by atoms with Gasteiger partial charge in [0.2, 0.25) is 0 Å². The van der Waals surface area contributed by atoms with Crippen molar-refractivity contribution in [2.75, 3.05) is 0 Å². The molecule has 0 saturated carbocycles. The zero-order valence-corrected chi connectivity index (χ0v) is 10.7. The van der Waals surface area contributed by atoms with Crippen molar-refractivity contribution in [2.24, 2.45) is 0 Å². The van der Waals surface area contributed by atoms with Crippen molar-refractivity contribution in [3.8, 4) is 0 Å². The number of hydrogen-bond donors (Lipinski definition) is 1. The van der Waals surface area contributed by atoms with E-state index in [2.05, 4.69) is 28.5 Å². The lowest BCUT2D eigenvalue weighted by molar-refractivity contribution is 0.0935. The van der Waals surface area contributed by atoms with Gasteiger partial charge in [0.05, 0.1) is 6.04 Å². The highest BCUT2D eigenvalue weighted by Crippen LogP contribution is 2.16. The molecule has 0 saturated heterocycles. The Kier molecular flexibility index (Phi) is 3.46. The molecule has 94 valence electrons. The number of rotatable bonds is 3. The minimum absolute atomic E-state index is 0.0622. The molecule has 0 aliphatic rings. The largest absolute Gasteiger partial charge is 0.451 e. The summed E-state index contributed by atoms with van der Waals surface area (Å²) in [6.45, 7) is 6.04. The summed E-state index contributed by atoms with van der Waals surface area (Å²) < 4.78 is 4.79. The van der Waals surface area contributed by atoms with Gasteiger partial charge in [-0.1, -0.05) is 29.3 Å². The van der Waals surface area contributed by atoms with Crippen LogP contribution < -0.4 is 5.32 Å². The summed E-state index contributed by atoms with van der Waals surface area (Å²) in [5, 5.41) is 2.89. The molecule has 0 radical (unpaired) electrons. The maximum Gasteiger partial charge on any atom is 0.273 e. The number of hydrogen-bond acceptors (Lipinski definition) is 3. The van der Waals surface area contributed by atoms with Crippen molar-refractivity contribution in [3.05, 3.63) is 53.2 Å². The normalized spacial score (nSPS) is 12.2. The molecule has 0 aliphatic carbocycles. The monoisotopic (exact) mass is 244 g/mol. The topological polar surface area (TPSA) is 55.1 Å². The quantitative estimate of drug-likeness (QED) is 0.903. The Morgan fingerprint density at radius 2 is 1.94 bits per heavy atom. The number of carbonyl (C=O) groups is 1. The number of carbonyl (C=O) groups excluding carboxylic acids is 1. The van der Waals surface area contributed by atoms with Crippen molar-refractivity contribution in [1.29, 1.82) is 0 Å². The Morgan fingerprint density at radius 3 is 2.50 bits per heavy atom. The van der Waals surface area contributed by atoms with E-state index in [-0.39, 0.29) is 11.9 Å². The highest BCUT2D eigenvalue weighted by molar-refractivity contribution is 5.92. The first-order valence-corrected chi connectivity index (χ1v) is 5.83. The highest BCUT2D eigenvalue weighted by Gasteiger charge is 2.13. The summed E-state index contributed by atoms with van der Waals surface area (Å²) in [4.78, 5) is 15.6. The van der Waals surface area contributed by atoms with E-state index >= 15 is 0 Å². The van der Waals surface area contributed by atoms with Crippen LogP contribution in [-0.2, 0) is 0 Å². The SMILES string of the molecule is Cc1cc(C)cc(C(C)NC(=O)c2cocn2)c1. The summed E-state index contributed by atoms with van der Waals surface area (Å²) in [5.41, 5.74) is 3.76. The number of nitrogens with zero attached hydrogens (tertiary/aromatic N) is 1. The number of amides is 1. The average Bonchev–Trinajstić information content (AvgIpc) is 2.80. The first-order valence-electron chi connectivity index (χ1n) is 5.83. The average molecular weight is 244 g/mol. The smallest absolute Gasteiger partial charge is 0.273 e. The van der Waals surface area contributed by atoms with Gasteiger partial charge in [0.1, 0.15) is 6.26 Å². The van der Waals surface area contributed by atoms with E-state index in [0.29, 0.717) is 5.69 Å². The van der Waals surface area contributed by atoms with Crippen molar-refractivity contribution < 1.29 is 9.21 Å². The van der Waals surface area contributed by atoms with Gasteiger partial charge in [0, 0.05) is 0 Å². The first kappa shape index (κ1) is 12.4. The zero-order valence-electron chi connectivity index (χ0n) is 10.7. The summed E-state index contributed by atoms with van der Waals surface area (Å²) >= 11 is 0.